The molecule has 3 heterocycles. The molecule has 1 N–H and O–H groups in total. The number of rotatable bonds is 5. The molecule has 0 atom stereocenters. The van der Waals surface area contributed by atoms with E-state index >= 15 is 0 Å². The lowest BCUT2D eigenvalue weighted by atomic mass is 10.1. The Morgan fingerprint density at radius 2 is 1.90 bits per heavy atom. The van der Waals surface area contributed by atoms with Crippen LogP contribution in [0.4, 0.5) is 10.2 Å². The first-order valence-corrected chi connectivity index (χ1v) is 9.99. The Balaban J connectivity index is 1.42. The number of benzene rings is 2. The second-order valence-electron chi connectivity index (χ2n) is 6.62. The lowest BCUT2D eigenvalue weighted by molar-refractivity contribution is 0.102. The lowest BCUT2D eigenvalue weighted by Gasteiger charge is -2.08. The summed E-state index contributed by atoms with van der Waals surface area (Å²) in [7, 11) is 0. The highest BCUT2D eigenvalue weighted by molar-refractivity contribution is 7.15. The first-order chi connectivity index (χ1) is 14.7. The number of imidazole rings is 1. The number of hydrogen-bond donors (Lipinski definition) is 1. The van der Waals surface area contributed by atoms with Gasteiger partial charge in [0.2, 0.25) is 0 Å². The van der Waals surface area contributed by atoms with Gasteiger partial charge in [-0.2, -0.15) is 5.10 Å². The fourth-order valence-corrected chi connectivity index (χ4v) is 3.87. The van der Waals surface area contributed by atoms with Crippen molar-refractivity contribution in [2.24, 2.45) is 0 Å². The SMILES string of the molecule is O=C(Nc1c(-c2ccc(F)cc2)nc2sccn12)c1ccc(Cn2cncn2)cc1. The Hall–Kier alpha value is -3.85. The van der Waals surface area contributed by atoms with Crippen molar-refractivity contribution in [1.82, 2.24) is 24.1 Å². The standard InChI is InChI=1S/C21H15FN6OS/c22-17-7-5-15(6-8-17)18-19(28-9-10-30-21(28)25-18)26-20(29)16-3-1-14(2-4-16)11-27-13-23-12-24-27/h1-10,12-13H,11H2,(H,26,29). The third-order valence-electron chi connectivity index (χ3n) is 4.64. The van der Waals surface area contributed by atoms with Gasteiger partial charge in [-0.1, -0.05) is 12.1 Å². The molecule has 0 spiro atoms. The second-order valence-corrected chi connectivity index (χ2v) is 7.49. The molecule has 3 aromatic heterocycles. The molecule has 0 bridgehead atoms. The third kappa shape index (κ3) is 3.46. The van der Waals surface area contributed by atoms with E-state index in [0.29, 0.717) is 23.6 Å². The van der Waals surface area contributed by atoms with Crippen LogP contribution < -0.4 is 5.32 Å². The summed E-state index contributed by atoms with van der Waals surface area (Å²) >= 11 is 1.46. The molecule has 30 heavy (non-hydrogen) atoms. The molecule has 2 aromatic carbocycles. The summed E-state index contributed by atoms with van der Waals surface area (Å²) in [6.45, 7) is 0.578. The minimum absolute atomic E-state index is 0.251. The number of nitrogens with one attached hydrogen (secondary N) is 1. The molecule has 0 fully saturated rings. The number of carbonyl (C=O) groups is 1. The van der Waals surface area contributed by atoms with E-state index in [2.05, 4.69) is 20.4 Å². The Kier molecular flexibility index (Phi) is 4.56. The van der Waals surface area contributed by atoms with Crippen molar-refractivity contribution < 1.29 is 9.18 Å². The monoisotopic (exact) mass is 418 g/mol. The molecule has 0 saturated heterocycles. The van der Waals surface area contributed by atoms with Crippen LogP contribution in [0, 0.1) is 5.82 Å². The zero-order valence-electron chi connectivity index (χ0n) is 15.6. The van der Waals surface area contributed by atoms with E-state index in [9.17, 15) is 9.18 Å². The van der Waals surface area contributed by atoms with Crippen LogP contribution in [0.1, 0.15) is 15.9 Å². The van der Waals surface area contributed by atoms with Crippen molar-refractivity contribution in [3.63, 3.8) is 0 Å². The number of anilines is 1. The van der Waals surface area contributed by atoms with E-state index in [1.165, 1.54) is 29.8 Å². The summed E-state index contributed by atoms with van der Waals surface area (Å²) in [5.74, 6) is -0.0236. The summed E-state index contributed by atoms with van der Waals surface area (Å²) in [6, 6.07) is 13.4. The van der Waals surface area contributed by atoms with Crippen LogP contribution in [0.25, 0.3) is 16.2 Å². The zero-order valence-corrected chi connectivity index (χ0v) is 16.4. The highest BCUT2D eigenvalue weighted by Gasteiger charge is 2.18. The Morgan fingerprint density at radius 3 is 2.63 bits per heavy atom. The first-order valence-electron chi connectivity index (χ1n) is 9.11. The molecule has 5 rings (SSSR count). The molecule has 0 aliphatic carbocycles. The Labute approximate surface area is 174 Å². The van der Waals surface area contributed by atoms with Gasteiger partial charge < -0.3 is 5.32 Å². The second kappa shape index (κ2) is 7.53. The number of halogens is 1. The minimum Gasteiger partial charge on any atom is -0.306 e. The molecule has 0 unspecified atom stereocenters. The van der Waals surface area contributed by atoms with Gasteiger partial charge in [0.05, 0.1) is 6.54 Å². The molecule has 0 saturated carbocycles. The molecule has 0 aliphatic heterocycles. The van der Waals surface area contributed by atoms with Crippen molar-refractivity contribution in [2.45, 2.75) is 6.54 Å². The van der Waals surface area contributed by atoms with E-state index in [0.717, 1.165) is 16.1 Å². The maximum atomic E-state index is 13.3. The van der Waals surface area contributed by atoms with Crippen molar-refractivity contribution in [3.05, 3.63) is 89.7 Å². The molecule has 0 aliphatic rings. The molecule has 7 nitrogen and oxygen atoms in total. The van der Waals surface area contributed by atoms with Crippen LogP contribution in [0.5, 0.6) is 0 Å². The van der Waals surface area contributed by atoms with Crippen molar-refractivity contribution in [2.75, 3.05) is 5.32 Å². The molecular formula is C21H15FN6OS. The van der Waals surface area contributed by atoms with Crippen LogP contribution >= 0.6 is 11.3 Å². The smallest absolute Gasteiger partial charge is 0.256 e. The first kappa shape index (κ1) is 18.2. The summed E-state index contributed by atoms with van der Waals surface area (Å²) < 4.78 is 16.9. The van der Waals surface area contributed by atoms with Crippen molar-refractivity contribution >= 4 is 28.0 Å². The largest absolute Gasteiger partial charge is 0.306 e. The van der Waals surface area contributed by atoms with E-state index in [4.69, 9.17) is 0 Å². The van der Waals surface area contributed by atoms with Crippen molar-refractivity contribution in [3.8, 4) is 11.3 Å². The van der Waals surface area contributed by atoms with Gasteiger partial charge in [0.25, 0.3) is 5.91 Å². The van der Waals surface area contributed by atoms with Crippen LogP contribution in [0.15, 0.2) is 72.8 Å². The van der Waals surface area contributed by atoms with Crippen molar-refractivity contribution in [1.29, 1.82) is 0 Å². The van der Waals surface area contributed by atoms with Gasteiger partial charge in [-0.25, -0.2) is 19.0 Å². The molecule has 9 heteroatoms. The zero-order chi connectivity index (χ0) is 20.5. The fraction of sp³-hybridized carbons (Fsp3) is 0.0476. The minimum atomic E-state index is -0.323. The lowest BCUT2D eigenvalue weighted by Crippen LogP contribution is -2.14. The summed E-state index contributed by atoms with van der Waals surface area (Å²) in [5.41, 5.74) is 2.85. The number of thiazole rings is 1. The predicted molar refractivity (Wildman–Crippen MR) is 112 cm³/mol. The van der Waals surface area contributed by atoms with Gasteiger partial charge >= 0.3 is 0 Å². The van der Waals surface area contributed by atoms with Crippen LogP contribution in [0.3, 0.4) is 0 Å². The summed E-state index contributed by atoms with van der Waals surface area (Å²) in [4.78, 5) is 22.2. The normalized spacial score (nSPS) is 11.1. The number of aromatic nitrogens is 5. The van der Waals surface area contributed by atoms with Gasteiger partial charge in [0.1, 0.15) is 30.0 Å². The third-order valence-corrected chi connectivity index (χ3v) is 5.40. The van der Waals surface area contributed by atoms with Gasteiger partial charge in [0, 0.05) is 22.7 Å². The van der Waals surface area contributed by atoms with E-state index in [-0.39, 0.29) is 11.7 Å². The maximum Gasteiger partial charge on any atom is 0.256 e. The van der Waals surface area contributed by atoms with Gasteiger partial charge in [-0.05, 0) is 42.0 Å². The van der Waals surface area contributed by atoms with E-state index in [1.807, 2.05) is 28.1 Å². The van der Waals surface area contributed by atoms with E-state index in [1.54, 1.807) is 35.3 Å². The number of carbonyl (C=O) groups excluding carboxylic acids is 1. The van der Waals surface area contributed by atoms with Crippen LogP contribution in [0.2, 0.25) is 0 Å². The summed E-state index contributed by atoms with van der Waals surface area (Å²) in [5, 5.41) is 8.94. The number of amides is 1. The van der Waals surface area contributed by atoms with Gasteiger partial charge in [-0.3, -0.25) is 9.20 Å². The average Bonchev–Trinajstić information content (AvgIpc) is 3.49. The molecular weight excluding hydrogens is 403 g/mol. The average molecular weight is 418 g/mol. The predicted octanol–water partition coefficient (Wildman–Crippen LogP) is 4.09. The van der Waals surface area contributed by atoms with Crippen LogP contribution in [-0.2, 0) is 6.54 Å². The summed E-state index contributed by atoms with van der Waals surface area (Å²) in [6.07, 6.45) is 4.97. The molecule has 0 radical (unpaired) electrons. The van der Waals surface area contributed by atoms with E-state index < -0.39 is 0 Å². The molecule has 5 aromatic rings. The molecule has 148 valence electrons. The highest BCUT2D eigenvalue weighted by atomic mass is 32.1. The molecule has 1 amide bonds. The van der Waals surface area contributed by atoms with Crippen LogP contribution in [-0.4, -0.2) is 30.1 Å². The van der Waals surface area contributed by atoms with Gasteiger partial charge in [0.15, 0.2) is 4.96 Å². The number of nitrogens with zero attached hydrogens (tertiary/aromatic N) is 5. The van der Waals surface area contributed by atoms with Gasteiger partial charge in [-0.15, -0.1) is 11.3 Å². The topological polar surface area (TPSA) is 77.1 Å². The maximum absolute atomic E-state index is 13.3. The highest BCUT2D eigenvalue weighted by Crippen LogP contribution is 2.31. The number of fused-ring (bicyclic) bond motifs is 1. The quantitative estimate of drug-likeness (QED) is 0.466. The Morgan fingerprint density at radius 1 is 1.10 bits per heavy atom. The fourth-order valence-electron chi connectivity index (χ4n) is 3.16. The number of hydrogen-bond acceptors (Lipinski definition) is 5. The Bertz CT molecular complexity index is 1310.